The summed E-state index contributed by atoms with van der Waals surface area (Å²) in [4.78, 5) is 20.0. The molecule has 172 valence electrons. The van der Waals surface area contributed by atoms with Gasteiger partial charge < -0.3 is 15.2 Å². The normalized spacial score (nSPS) is 11.1. The van der Waals surface area contributed by atoms with Crippen molar-refractivity contribution >= 4 is 36.6 Å². The van der Waals surface area contributed by atoms with E-state index in [4.69, 9.17) is 9.84 Å². The highest BCUT2D eigenvalue weighted by molar-refractivity contribution is 6.83. The van der Waals surface area contributed by atoms with Crippen LogP contribution in [-0.2, 0) is 11.8 Å². The fourth-order valence-corrected chi connectivity index (χ4v) is 3.72. The van der Waals surface area contributed by atoms with Crippen molar-refractivity contribution in [2.45, 2.75) is 19.6 Å². The molecule has 2 aromatic heterocycles. The SMILES string of the molecule is Cn1cc(-c2cc(Nc3ncc4cc(C#C[Si](C)(C)C)ccc4n3)cc(OCC(=O)O)c2)cn1. The van der Waals surface area contributed by atoms with Crippen molar-refractivity contribution in [3.8, 4) is 28.3 Å². The van der Waals surface area contributed by atoms with Crippen LogP contribution in [0.5, 0.6) is 5.75 Å². The maximum Gasteiger partial charge on any atom is 0.341 e. The molecule has 0 aliphatic carbocycles. The Hall–Kier alpha value is -4.16. The standard InChI is InChI=1S/C25H25N5O3Si/c1-30-15-20(14-27-30)18-10-21(12-22(11-18)33-16-24(31)32)28-25-26-13-19-9-17(5-6-23(19)29-25)7-8-34(2,3)4/h5-6,9-15H,16H2,1-4H3,(H,31,32)(H,26,28,29). The molecule has 0 bridgehead atoms. The van der Waals surface area contributed by atoms with E-state index >= 15 is 0 Å². The van der Waals surface area contributed by atoms with Gasteiger partial charge in [-0.05, 0) is 35.9 Å². The fourth-order valence-electron chi connectivity index (χ4n) is 3.20. The van der Waals surface area contributed by atoms with Gasteiger partial charge in [0, 0.05) is 47.7 Å². The summed E-state index contributed by atoms with van der Waals surface area (Å²) >= 11 is 0. The van der Waals surface area contributed by atoms with E-state index in [1.807, 2.05) is 37.5 Å². The van der Waals surface area contributed by atoms with E-state index in [0.717, 1.165) is 27.6 Å². The molecule has 0 atom stereocenters. The van der Waals surface area contributed by atoms with Gasteiger partial charge >= 0.3 is 5.97 Å². The minimum atomic E-state index is -1.46. The number of aryl methyl sites for hydroxylation is 1. The molecule has 9 heteroatoms. The Labute approximate surface area is 198 Å². The van der Waals surface area contributed by atoms with E-state index in [1.165, 1.54) is 0 Å². The Kier molecular flexibility index (Phi) is 6.34. The van der Waals surface area contributed by atoms with Crippen LogP contribution in [0, 0.1) is 11.5 Å². The molecule has 8 nitrogen and oxygen atoms in total. The van der Waals surface area contributed by atoms with Crippen LogP contribution in [0.15, 0.2) is 55.0 Å². The van der Waals surface area contributed by atoms with Crippen LogP contribution in [-0.4, -0.2) is 45.5 Å². The van der Waals surface area contributed by atoms with Gasteiger partial charge in [-0.1, -0.05) is 25.6 Å². The third-order valence-electron chi connectivity index (χ3n) is 4.72. The maximum atomic E-state index is 11.0. The lowest BCUT2D eigenvalue weighted by molar-refractivity contribution is -0.139. The van der Waals surface area contributed by atoms with Gasteiger partial charge in [0.25, 0.3) is 0 Å². The number of ether oxygens (including phenoxy) is 1. The number of carboxylic acids is 1. The molecule has 4 rings (SSSR count). The zero-order valence-corrected chi connectivity index (χ0v) is 20.5. The number of rotatable bonds is 6. The van der Waals surface area contributed by atoms with Crippen LogP contribution in [0.3, 0.4) is 0 Å². The Morgan fingerprint density at radius 3 is 2.68 bits per heavy atom. The number of aromatic nitrogens is 4. The van der Waals surface area contributed by atoms with Crippen molar-refractivity contribution in [1.82, 2.24) is 19.7 Å². The van der Waals surface area contributed by atoms with Gasteiger partial charge in [0.1, 0.15) is 13.8 Å². The van der Waals surface area contributed by atoms with E-state index in [2.05, 4.69) is 51.5 Å². The predicted octanol–water partition coefficient (Wildman–Crippen LogP) is 4.47. The molecule has 2 N–H and O–H groups in total. The molecule has 2 heterocycles. The van der Waals surface area contributed by atoms with Crippen LogP contribution in [0.25, 0.3) is 22.0 Å². The third kappa shape index (κ3) is 5.99. The first kappa shape index (κ1) is 23.0. The van der Waals surface area contributed by atoms with E-state index in [9.17, 15) is 4.79 Å². The van der Waals surface area contributed by atoms with Gasteiger partial charge in [-0.2, -0.15) is 5.10 Å². The minimum Gasteiger partial charge on any atom is -0.482 e. The van der Waals surface area contributed by atoms with Gasteiger partial charge in [0.15, 0.2) is 6.61 Å². The zero-order chi connectivity index (χ0) is 24.3. The quantitative estimate of drug-likeness (QED) is 0.316. The number of anilines is 2. The molecular weight excluding hydrogens is 446 g/mol. The molecule has 0 aliphatic rings. The topological polar surface area (TPSA) is 102 Å². The van der Waals surface area contributed by atoms with Gasteiger partial charge in [0.05, 0.1) is 11.7 Å². The van der Waals surface area contributed by atoms with Crippen LogP contribution in [0.4, 0.5) is 11.6 Å². The Morgan fingerprint density at radius 1 is 1.15 bits per heavy atom. The Balaban J connectivity index is 1.63. The maximum absolute atomic E-state index is 11.0. The molecule has 34 heavy (non-hydrogen) atoms. The summed E-state index contributed by atoms with van der Waals surface area (Å²) in [7, 11) is 0.377. The number of fused-ring (bicyclic) bond motifs is 1. The number of aliphatic carboxylic acids is 1. The second kappa shape index (κ2) is 9.37. The van der Waals surface area contributed by atoms with E-state index < -0.39 is 20.7 Å². The number of benzene rings is 2. The van der Waals surface area contributed by atoms with Crippen molar-refractivity contribution in [1.29, 1.82) is 0 Å². The highest BCUT2D eigenvalue weighted by atomic mass is 28.3. The number of nitrogens with zero attached hydrogens (tertiary/aromatic N) is 4. The second-order valence-electron chi connectivity index (χ2n) is 8.92. The zero-order valence-electron chi connectivity index (χ0n) is 19.5. The van der Waals surface area contributed by atoms with Crippen molar-refractivity contribution in [2.75, 3.05) is 11.9 Å². The molecule has 2 aromatic carbocycles. The molecule has 0 amide bonds. The lowest BCUT2D eigenvalue weighted by atomic mass is 10.1. The van der Waals surface area contributed by atoms with Gasteiger partial charge in [-0.3, -0.25) is 4.68 Å². The summed E-state index contributed by atoms with van der Waals surface area (Å²) in [5.41, 5.74) is 7.47. The summed E-state index contributed by atoms with van der Waals surface area (Å²) < 4.78 is 7.12. The summed E-state index contributed by atoms with van der Waals surface area (Å²) in [6.07, 6.45) is 5.36. The number of nitrogens with one attached hydrogen (secondary N) is 1. The smallest absolute Gasteiger partial charge is 0.341 e. The molecule has 0 radical (unpaired) electrons. The fraction of sp³-hybridized carbons (Fsp3) is 0.200. The molecule has 0 unspecified atom stereocenters. The molecule has 0 saturated carbocycles. The van der Waals surface area contributed by atoms with E-state index in [0.29, 0.717) is 17.4 Å². The van der Waals surface area contributed by atoms with Gasteiger partial charge in [-0.25, -0.2) is 14.8 Å². The molecule has 4 aromatic rings. The minimum absolute atomic E-state index is 0.414. The van der Waals surface area contributed by atoms with E-state index in [1.54, 1.807) is 29.2 Å². The monoisotopic (exact) mass is 471 g/mol. The second-order valence-corrected chi connectivity index (χ2v) is 13.7. The lowest BCUT2D eigenvalue weighted by Crippen LogP contribution is -2.16. The summed E-state index contributed by atoms with van der Waals surface area (Å²) in [6, 6.07) is 11.3. The lowest BCUT2D eigenvalue weighted by Gasteiger charge is -2.11. The van der Waals surface area contributed by atoms with Crippen molar-refractivity contribution in [2.24, 2.45) is 7.05 Å². The Bertz CT molecular complexity index is 1430. The highest BCUT2D eigenvalue weighted by Gasteiger charge is 2.10. The molecule has 0 aliphatic heterocycles. The Morgan fingerprint density at radius 2 is 1.97 bits per heavy atom. The molecule has 0 fully saturated rings. The summed E-state index contributed by atoms with van der Waals surface area (Å²) in [6.45, 7) is 6.20. The molecule has 0 spiro atoms. The first-order valence-corrected chi connectivity index (χ1v) is 14.2. The first-order chi connectivity index (χ1) is 16.1. The molecular formula is C25H25N5O3Si. The number of carboxylic acid groups (broad SMARTS) is 1. The van der Waals surface area contributed by atoms with Crippen LogP contribution in [0.2, 0.25) is 19.6 Å². The number of hydrogen-bond acceptors (Lipinski definition) is 6. The average Bonchev–Trinajstić information content (AvgIpc) is 3.22. The van der Waals surface area contributed by atoms with E-state index in [-0.39, 0.29) is 0 Å². The number of hydrogen-bond donors (Lipinski definition) is 2. The van der Waals surface area contributed by atoms with Crippen LogP contribution >= 0.6 is 0 Å². The average molecular weight is 472 g/mol. The van der Waals surface area contributed by atoms with Gasteiger partial charge in [-0.15, -0.1) is 5.54 Å². The van der Waals surface area contributed by atoms with Crippen molar-refractivity contribution < 1.29 is 14.6 Å². The summed E-state index contributed by atoms with van der Waals surface area (Å²) in [5, 5.41) is 17.3. The largest absolute Gasteiger partial charge is 0.482 e. The number of carbonyl (C=O) groups is 1. The third-order valence-corrected chi connectivity index (χ3v) is 5.60. The molecule has 0 saturated heterocycles. The predicted molar refractivity (Wildman–Crippen MR) is 135 cm³/mol. The van der Waals surface area contributed by atoms with Gasteiger partial charge in [0.2, 0.25) is 5.95 Å². The van der Waals surface area contributed by atoms with Crippen LogP contribution in [0.1, 0.15) is 5.56 Å². The van der Waals surface area contributed by atoms with Crippen LogP contribution < -0.4 is 10.1 Å². The summed E-state index contributed by atoms with van der Waals surface area (Å²) in [5.74, 6) is 3.04. The highest BCUT2D eigenvalue weighted by Crippen LogP contribution is 2.30. The van der Waals surface area contributed by atoms with Crippen molar-refractivity contribution in [3.05, 3.63) is 60.6 Å². The van der Waals surface area contributed by atoms with Crippen molar-refractivity contribution in [3.63, 3.8) is 0 Å². The first-order valence-electron chi connectivity index (χ1n) is 10.7.